The van der Waals surface area contributed by atoms with Crippen LogP contribution in [0.4, 0.5) is 40.8 Å². The highest BCUT2D eigenvalue weighted by atomic mass is 35.5. The second-order valence-corrected chi connectivity index (χ2v) is 16.3. The second kappa shape index (κ2) is 16.2. The fourth-order valence-electron chi connectivity index (χ4n) is 8.67. The molecule has 19 heteroatoms. The first-order valence-electron chi connectivity index (χ1n) is 20.3. The van der Waals surface area contributed by atoms with Gasteiger partial charge in [0.2, 0.25) is 5.91 Å². The van der Waals surface area contributed by atoms with Crippen LogP contribution >= 0.6 is 11.6 Å². The molecule has 1 aliphatic carbocycles. The maximum Gasteiger partial charge on any atom is 0.328 e. The zero-order valence-electron chi connectivity index (χ0n) is 33.3. The Hall–Kier alpha value is -5.90. The van der Waals surface area contributed by atoms with Gasteiger partial charge in [0.15, 0.2) is 17.2 Å². The number of nitrogens with zero attached hydrogens (tertiary/aromatic N) is 8. The third kappa shape index (κ3) is 7.93. The number of likely N-dealkylation sites (tertiary alicyclic amines) is 1. The summed E-state index contributed by atoms with van der Waals surface area (Å²) in [5.41, 5.74) is 4.69. The third-order valence-electron chi connectivity index (χ3n) is 12.0. The van der Waals surface area contributed by atoms with Crippen LogP contribution in [-0.4, -0.2) is 143 Å². The molecule has 9 rings (SSSR count). The third-order valence-corrected chi connectivity index (χ3v) is 12.4. The molecule has 6 heterocycles. The van der Waals surface area contributed by atoms with Crippen molar-refractivity contribution in [3.63, 3.8) is 0 Å². The Labute approximate surface area is 354 Å². The number of nitrogens with one attached hydrogen (secondary N) is 3. The van der Waals surface area contributed by atoms with Crippen LogP contribution in [0.15, 0.2) is 48.7 Å². The van der Waals surface area contributed by atoms with Crippen LogP contribution < -0.4 is 25.8 Å². The number of carbonyl (C=O) groups is 4. The van der Waals surface area contributed by atoms with Gasteiger partial charge >= 0.3 is 6.03 Å². The van der Waals surface area contributed by atoms with Crippen LogP contribution in [0, 0.1) is 11.8 Å². The number of anilines is 4. The zero-order chi connectivity index (χ0) is 42.6. The van der Waals surface area contributed by atoms with Crippen LogP contribution in [0.25, 0.3) is 5.65 Å². The van der Waals surface area contributed by atoms with Gasteiger partial charge in [-0.25, -0.2) is 27.5 Å². The van der Waals surface area contributed by atoms with Crippen molar-refractivity contribution in [3.05, 3.63) is 76.1 Å². The number of rotatable bonds is 8. The normalized spacial score (nSPS) is 22.7. The molecule has 61 heavy (non-hydrogen) atoms. The predicted octanol–water partition coefficient (Wildman–Crippen LogP) is 3.92. The van der Waals surface area contributed by atoms with E-state index in [1.54, 1.807) is 27.8 Å². The van der Waals surface area contributed by atoms with Crippen LogP contribution in [0.2, 0.25) is 5.02 Å². The largest absolute Gasteiger partial charge is 0.385 e. The molecule has 3 atom stereocenters. The standard InChI is InChI=1S/C42H43ClF3N11O4/c1-47-31-22-36(51-57-34(23-48-38(31)57)39(59)49-30-21-29(30)44)55-14-9-27-25(4-2-6-32(27)55)5-3-12-52-13-10-35(42(45,46)24-52)53-16-18-54(19-17-53)40(60)26-7-8-28(43)33(20-26)56-15-11-37(58)50-41(56)61/h2,4,6-8,20,22-23,29-30,35,47H,9-19,21,24H2,1H3,(H,49,59)(H,50,58,61)/t29-,30+,35-/m0/s1. The average Bonchev–Trinajstić information content (AvgIpc) is 3.55. The van der Waals surface area contributed by atoms with Gasteiger partial charge in [-0.3, -0.25) is 34.4 Å². The first-order chi connectivity index (χ1) is 29.4. The van der Waals surface area contributed by atoms with Crippen molar-refractivity contribution < 1.29 is 32.3 Å². The van der Waals surface area contributed by atoms with Crippen LogP contribution in [0.1, 0.15) is 51.2 Å². The van der Waals surface area contributed by atoms with Crippen molar-refractivity contribution in [1.29, 1.82) is 0 Å². The fourth-order valence-corrected chi connectivity index (χ4v) is 8.89. The molecule has 0 radical (unpaired) electrons. The summed E-state index contributed by atoms with van der Waals surface area (Å²) in [4.78, 5) is 63.3. The average molecular weight is 858 g/mol. The number of hydrogen-bond donors (Lipinski definition) is 3. The van der Waals surface area contributed by atoms with E-state index in [0.717, 1.165) is 16.8 Å². The van der Waals surface area contributed by atoms with Crippen LogP contribution in [0.5, 0.6) is 0 Å². The van der Waals surface area contributed by atoms with Crippen molar-refractivity contribution >= 4 is 63.9 Å². The van der Waals surface area contributed by atoms with Crippen molar-refractivity contribution in [3.8, 4) is 11.8 Å². The summed E-state index contributed by atoms with van der Waals surface area (Å²) in [5, 5.41) is 13.1. The van der Waals surface area contributed by atoms with E-state index in [1.165, 1.54) is 27.7 Å². The molecule has 4 aliphatic heterocycles. The molecule has 3 N–H and O–H groups in total. The van der Waals surface area contributed by atoms with E-state index in [1.807, 2.05) is 29.2 Å². The SMILES string of the molecule is CNc1cc(N2CCc3c(C#CCN4CC[C@H](N5CCN(C(=O)c6ccc(Cl)c(N7CCC(=O)NC7=O)c6)CC5)C(F)(F)C4)cccc32)nn2c(C(=O)N[C@@H]3C[C@@H]3F)cnc12. The lowest BCUT2D eigenvalue weighted by Gasteiger charge is -2.46. The molecule has 0 bridgehead atoms. The van der Waals surface area contributed by atoms with Gasteiger partial charge < -0.3 is 20.4 Å². The van der Waals surface area contributed by atoms with E-state index < -0.39 is 42.7 Å². The maximum absolute atomic E-state index is 15.8. The number of aromatic nitrogens is 3. The minimum atomic E-state index is -2.99. The van der Waals surface area contributed by atoms with E-state index in [4.69, 9.17) is 16.7 Å². The van der Waals surface area contributed by atoms with E-state index in [-0.39, 0.29) is 61.6 Å². The number of imide groups is 1. The topological polar surface area (TPSA) is 151 Å². The maximum atomic E-state index is 15.8. The number of imidazole rings is 1. The van der Waals surface area contributed by atoms with Crippen molar-refractivity contribution in [2.24, 2.45) is 0 Å². The van der Waals surface area contributed by atoms with Crippen LogP contribution in [-0.2, 0) is 11.2 Å². The molecule has 318 valence electrons. The van der Waals surface area contributed by atoms with Gasteiger partial charge in [0, 0.05) is 88.6 Å². The minimum absolute atomic E-state index is 0.107. The highest BCUT2D eigenvalue weighted by Gasteiger charge is 2.48. The monoisotopic (exact) mass is 857 g/mol. The van der Waals surface area contributed by atoms with Crippen molar-refractivity contribution in [2.45, 2.75) is 49.9 Å². The minimum Gasteiger partial charge on any atom is -0.385 e. The van der Waals surface area contributed by atoms with Gasteiger partial charge in [-0.2, -0.15) is 0 Å². The summed E-state index contributed by atoms with van der Waals surface area (Å²) in [6.07, 6.45) is 1.72. The highest BCUT2D eigenvalue weighted by molar-refractivity contribution is 6.34. The molecule has 0 unspecified atom stereocenters. The van der Waals surface area contributed by atoms with Gasteiger partial charge in [0.25, 0.3) is 17.7 Å². The number of carbonyl (C=O) groups excluding carboxylic acids is 4. The molecule has 15 nitrogen and oxygen atoms in total. The van der Waals surface area contributed by atoms with Gasteiger partial charge in [-0.05, 0) is 48.7 Å². The Bertz CT molecular complexity index is 2500. The molecule has 4 aromatic rings. The van der Waals surface area contributed by atoms with E-state index >= 15 is 8.78 Å². The summed E-state index contributed by atoms with van der Waals surface area (Å²) >= 11 is 6.36. The Morgan fingerprint density at radius 3 is 2.52 bits per heavy atom. The number of benzene rings is 2. The smallest absolute Gasteiger partial charge is 0.328 e. The quantitative estimate of drug-likeness (QED) is 0.223. The first kappa shape index (κ1) is 40.5. The predicted molar refractivity (Wildman–Crippen MR) is 222 cm³/mol. The Kier molecular flexibility index (Phi) is 10.7. The molecule has 2 aromatic heterocycles. The Morgan fingerprint density at radius 1 is 1.00 bits per heavy atom. The molecule has 3 saturated heterocycles. The number of hydrogen-bond acceptors (Lipinski definition) is 10. The van der Waals surface area contributed by atoms with E-state index in [2.05, 4.69) is 32.8 Å². The molecule has 0 spiro atoms. The number of fused-ring (bicyclic) bond motifs is 2. The Morgan fingerprint density at radius 2 is 1.79 bits per heavy atom. The van der Waals surface area contributed by atoms with E-state index in [9.17, 15) is 23.6 Å². The summed E-state index contributed by atoms with van der Waals surface area (Å²) in [6, 6.07) is 10.2. The molecular formula is C42H43ClF3N11O4. The Balaban J connectivity index is 0.814. The van der Waals surface area contributed by atoms with Gasteiger partial charge in [-0.15, -0.1) is 5.10 Å². The van der Waals surface area contributed by atoms with Crippen molar-refractivity contribution in [1.82, 2.24) is 39.9 Å². The summed E-state index contributed by atoms with van der Waals surface area (Å²) in [5.74, 6) is 2.85. The molecule has 5 aliphatic rings. The van der Waals surface area contributed by atoms with Crippen LogP contribution in [0.3, 0.4) is 0 Å². The summed E-state index contributed by atoms with van der Waals surface area (Å²) in [7, 11) is 1.76. The number of urea groups is 1. The molecule has 1 saturated carbocycles. The zero-order valence-corrected chi connectivity index (χ0v) is 34.0. The first-order valence-corrected chi connectivity index (χ1v) is 20.7. The number of halogens is 4. The van der Waals surface area contributed by atoms with Crippen molar-refractivity contribution in [2.75, 3.05) is 81.1 Å². The lowest BCUT2D eigenvalue weighted by molar-refractivity contribution is -0.130. The number of alkyl halides is 3. The molecular weight excluding hydrogens is 815 g/mol. The number of piperazine rings is 1. The highest BCUT2D eigenvalue weighted by Crippen LogP contribution is 2.37. The second-order valence-electron chi connectivity index (χ2n) is 15.9. The molecule has 4 fully saturated rings. The molecule has 2 aromatic carbocycles. The number of amides is 5. The summed E-state index contributed by atoms with van der Waals surface area (Å²) in [6.45, 7) is 2.04. The lowest BCUT2D eigenvalue weighted by atomic mass is 9.98. The summed E-state index contributed by atoms with van der Waals surface area (Å²) < 4.78 is 46.6. The van der Waals surface area contributed by atoms with Gasteiger partial charge in [0.1, 0.15) is 6.17 Å². The van der Waals surface area contributed by atoms with Gasteiger partial charge in [-0.1, -0.05) is 29.5 Å². The van der Waals surface area contributed by atoms with Gasteiger partial charge in [0.05, 0.1) is 47.8 Å². The molecule has 5 amide bonds. The fraction of sp³-hybridized carbons (Fsp3) is 0.429. The van der Waals surface area contributed by atoms with E-state index in [0.29, 0.717) is 67.4 Å². The number of piperidine rings is 1. The lowest BCUT2D eigenvalue weighted by Crippen LogP contribution is -2.62.